The summed E-state index contributed by atoms with van der Waals surface area (Å²) in [7, 11) is 0. The number of nitrogens with one attached hydrogen (secondary N) is 1. The Balaban J connectivity index is 2.10. The molecule has 0 fully saturated rings. The molecule has 0 bridgehead atoms. The van der Waals surface area contributed by atoms with Gasteiger partial charge >= 0.3 is 11.9 Å². The summed E-state index contributed by atoms with van der Waals surface area (Å²) in [6, 6.07) is 5.64. The number of β-amino-alcohol motifs (C(OH)–C–C–N with tert-alkyl or cyclic N) is 1. The highest BCUT2D eigenvalue weighted by Crippen LogP contribution is 2.32. The number of hydrogen-bond acceptors (Lipinski definition) is 7. The first-order valence-electron chi connectivity index (χ1n) is 9.56. The van der Waals surface area contributed by atoms with Crippen LogP contribution in [-0.4, -0.2) is 54.0 Å². The molecule has 0 heterocycles. The molecule has 7 nitrogen and oxygen atoms in total. The molecule has 2 N–H and O–H groups in total. The van der Waals surface area contributed by atoms with Gasteiger partial charge in [-0.3, -0.25) is 9.59 Å². The summed E-state index contributed by atoms with van der Waals surface area (Å²) in [4.78, 5) is 22.9. The lowest BCUT2D eigenvalue weighted by Gasteiger charge is -2.32. The number of ether oxygens (including phenoxy) is 3. The zero-order valence-electron chi connectivity index (χ0n) is 17.3. The number of aliphatic hydroxyl groups excluding tert-OH is 1. The third-order valence-corrected chi connectivity index (χ3v) is 4.41. The van der Waals surface area contributed by atoms with Gasteiger partial charge in [-0.1, -0.05) is 12.1 Å². The molecule has 28 heavy (non-hydrogen) atoms. The van der Waals surface area contributed by atoms with E-state index in [1.165, 1.54) is 13.8 Å². The van der Waals surface area contributed by atoms with Crippen LogP contribution in [0, 0.1) is 0 Å². The Morgan fingerprint density at radius 1 is 1.14 bits per heavy atom. The number of carbonyl (C=O) groups excluding carboxylic acids is 2. The minimum absolute atomic E-state index is 0.0874. The van der Waals surface area contributed by atoms with Crippen molar-refractivity contribution in [1.29, 1.82) is 0 Å². The summed E-state index contributed by atoms with van der Waals surface area (Å²) in [5.41, 5.74) is 1.80. The predicted molar refractivity (Wildman–Crippen MR) is 104 cm³/mol. The lowest BCUT2D eigenvalue weighted by atomic mass is 9.87. The molecular weight excluding hydrogens is 362 g/mol. The maximum Gasteiger partial charge on any atom is 0.303 e. The van der Waals surface area contributed by atoms with Crippen LogP contribution in [0.25, 0.3) is 0 Å². The number of hydrogen-bond donors (Lipinski definition) is 2. The van der Waals surface area contributed by atoms with Crippen LogP contribution in [-0.2, 0) is 31.9 Å². The third kappa shape index (κ3) is 6.80. The molecule has 1 aromatic carbocycles. The minimum atomic E-state index is -0.656. The number of aliphatic hydroxyl groups is 1. The Hall–Kier alpha value is -2.12. The fraction of sp³-hybridized carbons (Fsp3) is 0.619. The maximum atomic E-state index is 11.5. The van der Waals surface area contributed by atoms with Gasteiger partial charge in [-0.15, -0.1) is 0 Å². The van der Waals surface area contributed by atoms with E-state index in [0.29, 0.717) is 25.1 Å². The van der Waals surface area contributed by atoms with Crippen molar-refractivity contribution in [3.8, 4) is 5.75 Å². The second kappa shape index (κ2) is 9.39. The van der Waals surface area contributed by atoms with E-state index in [2.05, 4.69) is 5.32 Å². The lowest BCUT2D eigenvalue weighted by molar-refractivity contribution is -0.166. The standard InChI is InChI=1S/C21H31NO6/c1-13(23)27-19-9-15-7-6-8-18(17(15)10-20(19)28-14(2)24)26-12-16(25)11-22-21(3,4)5/h6-8,16,19-20,22,25H,9-12H2,1-5H3/t16-,19+,20+/m0/s1. The summed E-state index contributed by atoms with van der Waals surface area (Å²) < 4.78 is 16.6. The first-order chi connectivity index (χ1) is 13.0. The minimum Gasteiger partial charge on any atom is -0.491 e. The number of fused-ring (bicyclic) bond motifs is 1. The first-order valence-corrected chi connectivity index (χ1v) is 9.56. The van der Waals surface area contributed by atoms with E-state index < -0.39 is 30.3 Å². The van der Waals surface area contributed by atoms with Crippen LogP contribution in [0.15, 0.2) is 18.2 Å². The molecule has 0 aromatic heterocycles. The number of carbonyl (C=O) groups is 2. The van der Waals surface area contributed by atoms with E-state index in [1.54, 1.807) is 0 Å². The smallest absolute Gasteiger partial charge is 0.303 e. The summed E-state index contributed by atoms with van der Waals surface area (Å²) in [6.07, 6.45) is -0.911. The number of rotatable bonds is 7. The average Bonchev–Trinajstić information content (AvgIpc) is 2.57. The Kier molecular flexibility index (Phi) is 7.43. The van der Waals surface area contributed by atoms with Crippen molar-refractivity contribution in [1.82, 2.24) is 5.32 Å². The Labute approximate surface area is 166 Å². The Morgan fingerprint density at radius 3 is 2.32 bits per heavy atom. The third-order valence-electron chi connectivity index (χ3n) is 4.41. The largest absolute Gasteiger partial charge is 0.491 e. The molecular formula is C21H31NO6. The van der Waals surface area contributed by atoms with Crippen molar-refractivity contribution in [3.63, 3.8) is 0 Å². The fourth-order valence-electron chi connectivity index (χ4n) is 3.18. The molecule has 1 aromatic rings. The van der Waals surface area contributed by atoms with Crippen LogP contribution in [0.2, 0.25) is 0 Å². The fourth-order valence-corrected chi connectivity index (χ4v) is 3.18. The normalized spacial score (nSPS) is 20.1. The molecule has 0 radical (unpaired) electrons. The number of benzene rings is 1. The molecule has 0 saturated carbocycles. The van der Waals surface area contributed by atoms with E-state index in [1.807, 2.05) is 39.0 Å². The molecule has 7 heteroatoms. The monoisotopic (exact) mass is 393 g/mol. The van der Waals surface area contributed by atoms with E-state index >= 15 is 0 Å². The zero-order valence-corrected chi connectivity index (χ0v) is 17.3. The summed E-state index contributed by atoms with van der Waals surface area (Å²) in [6.45, 7) is 9.33. The molecule has 0 saturated heterocycles. The van der Waals surface area contributed by atoms with Gasteiger partial charge < -0.3 is 24.6 Å². The molecule has 0 amide bonds. The second-order valence-corrected chi connectivity index (χ2v) is 8.19. The van der Waals surface area contributed by atoms with Crippen molar-refractivity contribution < 1.29 is 28.9 Å². The van der Waals surface area contributed by atoms with Crippen LogP contribution in [0.4, 0.5) is 0 Å². The van der Waals surface area contributed by atoms with Crippen molar-refractivity contribution in [2.45, 2.75) is 71.3 Å². The quantitative estimate of drug-likeness (QED) is 0.682. The van der Waals surface area contributed by atoms with Crippen LogP contribution < -0.4 is 10.1 Å². The van der Waals surface area contributed by atoms with E-state index in [4.69, 9.17) is 14.2 Å². The van der Waals surface area contributed by atoms with Crippen LogP contribution >= 0.6 is 0 Å². The molecule has 156 valence electrons. The highest BCUT2D eigenvalue weighted by atomic mass is 16.6. The van der Waals surface area contributed by atoms with Crippen molar-refractivity contribution in [2.75, 3.05) is 13.2 Å². The highest BCUT2D eigenvalue weighted by molar-refractivity contribution is 5.67. The molecule has 0 spiro atoms. The lowest BCUT2D eigenvalue weighted by Crippen LogP contribution is -2.42. The highest BCUT2D eigenvalue weighted by Gasteiger charge is 2.34. The van der Waals surface area contributed by atoms with Crippen molar-refractivity contribution >= 4 is 11.9 Å². The molecule has 1 aliphatic rings. The van der Waals surface area contributed by atoms with Gasteiger partial charge in [-0.25, -0.2) is 0 Å². The van der Waals surface area contributed by atoms with Gasteiger partial charge in [-0.05, 0) is 32.4 Å². The van der Waals surface area contributed by atoms with Crippen LogP contribution in [0.3, 0.4) is 0 Å². The van der Waals surface area contributed by atoms with E-state index in [9.17, 15) is 14.7 Å². The van der Waals surface area contributed by atoms with Crippen molar-refractivity contribution in [3.05, 3.63) is 29.3 Å². The van der Waals surface area contributed by atoms with E-state index in [0.717, 1.165) is 11.1 Å². The van der Waals surface area contributed by atoms with Crippen LogP contribution in [0.5, 0.6) is 5.75 Å². The molecule has 0 unspecified atom stereocenters. The number of esters is 2. The molecule has 0 aliphatic heterocycles. The topological polar surface area (TPSA) is 94.1 Å². The Bertz CT molecular complexity index is 697. The molecule has 2 rings (SSSR count). The SMILES string of the molecule is CC(=O)O[C@@H]1Cc2cccc(OC[C@@H](O)CNC(C)(C)C)c2C[C@H]1OC(C)=O. The zero-order chi connectivity index (χ0) is 20.9. The van der Waals surface area contributed by atoms with Gasteiger partial charge in [0, 0.05) is 44.3 Å². The predicted octanol–water partition coefficient (Wildman–Crippen LogP) is 1.78. The van der Waals surface area contributed by atoms with E-state index in [-0.39, 0.29) is 12.1 Å². The van der Waals surface area contributed by atoms with Gasteiger partial charge in [-0.2, -0.15) is 0 Å². The Morgan fingerprint density at radius 2 is 1.75 bits per heavy atom. The van der Waals surface area contributed by atoms with Gasteiger partial charge in [0.05, 0.1) is 0 Å². The van der Waals surface area contributed by atoms with Crippen molar-refractivity contribution in [2.24, 2.45) is 0 Å². The maximum absolute atomic E-state index is 11.5. The summed E-state index contributed by atoms with van der Waals surface area (Å²) in [5.74, 6) is -0.189. The molecule has 3 atom stereocenters. The molecule has 1 aliphatic carbocycles. The average molecular weight is 393 g/mol. The van der Waals surface area contributed by atoms with Gasteiger partial charge in [0.2, 0.25) is 0 Å². The first kappa shape index (κ1) is 22.2. The van der Waals surface area contributed by atoms with Gasteiger partial charge in [0.15, 0.2) is 0 Å². The summed E-state index contributed by atoms with van der Waals surface area (Å²) in [5, 5.41) is 13.4. The van der Waals surface area contributed by atoms with Crippen LogP contribution in [0.1, 0.15) is 45.7 Å². The van der Waals surface area contributed by atoms with Gasteiger partial charge in [0.1, 0.15) is 30.7 Å². The van der Waals surface area contributed by atoms with Gasteiger partial charge in [0.25, 0.3) is 0 Å². The summed E-state index contributed by atoms with van der Waals surface area (Å²) >= 11 is 0. The second-order valence-electron chi connectivity index (χ2n) is 8.19.